The molecule has 0 aliphatic rings. The molecular weight excluding hydrogens is 382 g/mol. The van der Waals surface area contributed by atoms with Crippen molar-refractivity contribution in [3.05, 3.63) is 56.8 Å². The Bertz CT molecular complexity index is 736. The van der Waals surface area contributed by atoms with Gasteiger partial charge in [-0.2, -0.15) is 5.10 Å². The molecule has 120 valence electrons. The minimum Gasteiger partial charge on any atom is -0.483 e. The van der Waals surface area contributed by atoms with Crippen LogP contribution in [0.3, 0.4) is 0 Å². The van der Waals surface area contributed by atoms with Crippen molar-refractivity contribution in [1.82, 2.24) is 10.4 Å². The Balaban J connectivity index is 1.91. The summed E-state index contributed by atoms with van der Waals surface area (Å²) >= 11 is 9.57. The average molecular weight is 397 g/mol. The molecule has 0 bridgehead atoms. The summed E-state index contributed by atoms with van der Waals surface area (Å²) in [4.78, 5) is 15.8. The number of nitrogens with one attached hydrogen (secondary N) is 1. The van der Waals surface area contributed by atoms with Gasteiger partial charge in [-0.25, -0.2) is 5.43 Å². The second kappa shape index (κ2) is 8.08. The molecule has 0 saturated heterocycles. The minimum atomic E-state index is -0.366. The van der Waals surface area contributed by atoms with E-state index >= 15 is 0 Å². The molecule has 7 heteroatoms. The van der Waals surface area contributed by atoms with Crippen molar-refractivity contribution in [2.45, 2.75) is 13.8 Å². The Kier molecular flexibility index (Phi) is 6.12. The normalized spacial score (nSPS) is 10.8. The maximum atomic E-state index is 11.7. The third-order valence-corrected chi connectivity index (χ3v) is 4.57. The van der Waals surface area contributed by atoms with Crippen LogP contribution >= 0.6 is 27.5 Å². The number of pyridine rings is 1. The molecule has 2 aromatic rings. The molecular formula is C16H15BrClN3O2. The van der Waals surface area contributed by atoms with Gasteiger partial charge in [-0.1, -0.05) is 17.7 Å². The van der Waals surface area contributed by atoms with Crippen LogP contribution in [0.5, 0.6) is 5.75 Å². The first-order valence-electron chi connectivity index (χ1n) is 6.80. The SMILES string of the molecule is Cc1cc(OCC(=O)N/N=C/c2ccccn2)c(Br)c(C)c1Cl. The van der Waals surface area contributed by atoms with E-state index < -0.39 is 0 Å². The lowest BCUT2D eigenvalue weighted by molar-refractivity contribution is -0.123. The minimum absolute atomic E-state index is 0.154. The summed E-state index contributed by atoms with van der Waals surface area (Å²) in [5.74, 6) is 0.197. The molecule has 0 aliphatic heterocycles. The van der Waals surface area contributed by atoms with E-state index in [2.05, 4.69) is 31.4 Å². The van der Waals surface area contributed by atoms with Gasteiger partial charge in [0.15, 0.2) is 6.61 Å². The number of halogens is 2. The smallest absolute Gasteiger partial charge is 0.277 e. The third-order valence-electron chi connectivity index (χ3n) is 3.00. The Hall–Kier alpha value is -1.92. The van der Waals surface area contributed by atoms with Gasteiger partial charge in [0, 0.05) is 11.2 Å². The fourth-order valence-electron chi connectivity index (χ4n) is 1.80. The van der Waals surface area contributed by atoms with Crippen molar-refractivity contribution in [2.75, 3.05) is 6.61 Å². The lowest BCUT2D eigenvalue weighted by Gasteiger charge is -2.12. The van der Waals surface area contributed by atoms with Gasteiger partial charge in [0.25, 0.3) is 5.91 Å². The summed E-state index contributed by atoms with van der Waals surface area (Å²) in [7, 11) is 0. The first-order chi connectivity index (χ1) is 11.0. The maximum absolute atomic E-state index is 11.7. The van der Waals surface area contributed by atoms with Gasteiger partial charge in [0.05, 0.1) is 16.4 Å². The fourth-order valence-corrected chi connectivity index (χ4v) is 2.49. The number of hydrogen-bond donors (Lipinski definition) is 1. The molecule has 1 aromatic carbocycles. The number of hydrazone groups is 1. The summed E-state index contributed by atoms with van der Waals surface area (Å²) in [6, 6.07) is 7.20. The van der Waals surface area contributed by atoms with Crippen molar-refractivity contribution in [3.63, 3.8) is 0 Å². The zero-order valence-corrected chi connectivity index (χ0v) is 15.0. The van der Waals surface area contributed by atoms with Gasteiger partial charge < -0.3 is 4.74 Å². The summed E-state index contributed by atoms with van der Waals surface area (Å²) in [6.45, 7) is 3.61. The molecule has 1 heterocycles. The van der Waals surface area contributed by atoms with E-state index in [-0.39, 0.29) is 12.5 Å². The number of hydrogen-bond acceptors (Lipinski definition) is 4. The van der Waals surface area contributed by atoms with Crippen LogP contribution in [0.2, 0.25) is 5.02 Å². The van der Waals surface area contributed by atoms with E-state index in [9.17, 15) is 4.79 Å². The standard InChI is InChI=1S/C16H15BrClN3O2/c1-10-7-13(15(17)11(2)16(10)18)23-9-14(22)21-20-8-12-5-3-4-6-19-12/h3-8H,9H2,1-2H3,(H,21,22)/b20-8+. The highest BCUT2D eigenvalue weighted by atomic mass is 79.9. The average Bonchev–Trinajstić information content (AvgIpc) is 2.56. The molecule has 2 rings (SSSR count). The molecule has 0 aliphatic carbocycles. The van der Waals surface area contributed by atoms with E-state index in [4.69, 9.17) is 16.3 Å². The summed E-state index contributed by atoms with van der Waals surface area (Å²) in [6.07, 6.45) is 3.11. The van der Waals surface area contributed by atoms with Crippen molar-refractivity contribution in [3.8, 4) is 5.75 Å². The predicted molar refractivity (Wildman–Crippen MR) is 94.1 cm³/mol. The van der Waals surface area contributed by atoms with E-state index in [1.807, 2.05) is 19.9 Å². The van der Waals surface area contributed by atoms with Gasteiger partial charge in [0.2, 0.25) is 0 Å². The van der Waals surface area contributed by atoms with Crippen molar-refractivity contribution in [2.24, 2.45) is 5.10 Å². The molecule has 0 radical (unpaired) electrons. The maximum Gasteiger partial charge on any atom is 0.277 e. The molecule has 0 unspecified atom stereocenters. The van der Waals surface area contributed by atoms with Crippen LogP contribution in [0.1, 0.15) is 16.8 Å². The second-order valence-electron chi connectivity index (χ2n) is 4.78. The lowest BCUT2D eigenvalue weighted by atomic mass is 10.1. The molecule has 1 N–H and O–H groups in total. The zero-order chi connectivity index (χ0) is 16.8. The number of amides is 1. The van der Waals surface area contributed by atoms with Crippen molar-refractivity contribution >= 4 is 39.7 Å². The Morgan fingerprint density at radius 2 is 2.26 bits per heavy atom. The topological polar surface area (TPSA) is 63.6 Å². The quantitative estimate of drug-likeness (QED) is 0.620. The monoisotopic (exact) mass is 395 g/mol. The zero-order valence-electron chi connectivity index (χ0n) is 12.6. The Morgan fingerprint density at radius 1 is 1.48 bits per heavy atom. The predicted octanol–water partition coefficient (Wildman–Crippen LogP) is 3.64. The van der Waals surface area contributed by atoms with Gasteiger partial charge >= 0.3 is 0 Å². The van der Waals surface area contributed by atoms with Crippen molar-refractivity contribution in [1.29, 1.82) is 0 Å². The van der Waals surface area contributed by atoms with Crippen molar-refractivity contribution < 1.29 is 9.53 Å². The fraction of sp³-hybridized carbons (Fsp3) is 0.188. The van der Waals surface area contributed by atoms with Crippen LogP contribution in [0.4, 0.5) is 0 Å². The van der Waals surface area contributed by atoms with Crippen LogP contribution in [0.25, 0.3) is 0 Å². The van der Waals surface area contributed by atoms with E-state index in [0.717, 1.165) is 15.6 Å². The van der Waals surface area contributed by atoms with Crippen LogP contribution in [0.15, 0.2) is 40.0 Å². The van der Waals surface area contributed by atoms with Crippen LogP contribution in [-0.2, 0) is 4.79 Å². The summed E-state index contributed by atoms with van der Waals surface area (Å²) < 4.78 is 6.25. The molecule has 1 aromatic heterocycles. The number of nitrogens with zero attached hydrogens (tertiary/aromatic N) is 2. The molecule has 5 nitrogen and oxygen atoms in total. The van der Waals surface area contributed by atoms with Crippen LogP contribution in [-0.4, -0.2) is 23.7 Å². The van der Waals surface area contributed by atoms with E-state index in [0.29, 0.717) is 16.5 Å². The molecule has 0 saturated carbocycles. The Morgan fingerprint density at radius 3 is 2.96 bits per heavy atom. The Labute approximate surface area is 147 Å². The second-order valence-corrected chi connectivity index (χ2v) is 5.95. The molecule has 23 heavy (non-hydrogen) atoms. The van der Waals surface area contributed by atoms with Gasteiger partial charge in [-0.05, 0) is 59.1 Å². The highest BCUT2D eigenvalue weighted by molar-refractivity contribution is 9.10. The number of rotatable bonds is 5. The summed E-state index contributed by atoms with van der Waals surface area (Å²) in [5, 5.41) is 4.50. The largest absolute Gasteiger partial charge is 0.483 e. The molecule has 0 fully saturated rings. The molecule has 0 atom stereocenters. The number of ether oxygens (including phenoxy) is 1. The lowest BCUT2D eigenvalue weighted by Crippen LogP contribution is -2.24. The summed E-state index contributed by atoms with van der Waals surface area (Å²) in [5.41, 5.74) is 4.79. The first-order valence-corrected chi connectivity index (χ1v) is 7.97. The van der Waals surface area contributed by atoms with Crippen LogP contribution in [0, 0.1) is 13.8 Å². The number of benzene rings is 1. The number of carbonyl (C=O) groups excluding carboxylic acids is 1. The van der Waals surface area contributed by atoms with Gasteiger partial charge in [0.1, 0.15) is 5.75 Å². The van der Waals surface area contributed by atoms with Gasteiger partial charge in [-0.15, -0.1) is 0 Å². The number of aryl methyl sites for hydroxylation is 1. The third kappa shape index (κ3) is 4.77. The van der Waals surface area contributed by atoms with Crippen LogP contribution < -0.4 is 10.2 Å². The highest BCUT2D eigenvalue weighted by Crippen LogP contribution is 2.35. The van der Waals surface area contributed by atoms with E-state index in [1.165, 1.54) is 6.21 Å². The molecule has 1 amide bonds. The first kappa shape index (κ1) is 17.4. The molecule has 0 spiro atoms. The highest BCUT2D eigenvalue weighted by Gasteiger charge is 2.12. The number of aromatic nitrogens is 1. The van der Waals surface area contributed by atoms with E-state index in [1.54, 1.807) is 24.4 Å². The van der Waals surface area contributed by atoms with Gasteiger partial charge in [-0.3, -0.25) is 9.78 Å². The number of carbonyl (C=O) groups is 1.